The molecule has 2 nitrogen and oxygen atoms in total. The van der Waals surface area contributed by atoms with Gasteiger partial charge in [-0.05, 0) is 56.3 Å². The highest BCUT2D eigenvalue weighted by atomic mass is 15.0. The van der Waals surface area contributed by atoms with Gasteiger partial charge in [-0.15, -0.1) is 0 Å². The summed E-state index contributed by atoms with van der Waals surface area (Å²) in [7, 11) is 0. The molecule has 2 aromatic rings. The number of nitrogens with zero attached hydrogens (tertiary/aromatic N) is 1. The second-order valence-electron chi connectivity index (χ2n) is 5.15. The average Bonchev–Trinajstić information content (AvgIpc) is 3.06. The average molecular weight is 228 g/mol. The van der Waals surface area contributed by atoms with Crippen LogP contribution >= 0.6 is 0 Å². The number of aromatic nitrogens is 1. The van der Waals surface area contributed by atoms with E-state index in [0.29, 0.717) is 0 Å². The minimum atomic E-state index is 0.832. The summed E-state index contributed by atoms with van der Waals surface area (Å²) >= 11 is 0. The minimum Gasteiger partial charge on any atom is -0.347 e. The third-order valence-electron chi connectivity index (χ3n) is 3.51. The summed E-state index contributed by atoms with van der Waals surface area (Å²) in [6.07, 6.45) is 6.19. The number of fused-ring (bicyclic) bond motifs is 1. The van der Waals surface area contributed by atoms with Gasteiger partial charge in [0.05, 0.1) is 0 Å². The molecule has 0 unspecified atom stereocenters. The molecular weight excluding hydrogens is 208 g/mol. The van der Waals surface area contributed by atoms with E-state index < -0.39 is 0 Å². The first-order valence-electron chi connectivity index (χ1n) is 6.62. The molecule has 1 aromatic carbocycles. The lowest BCUT2D eigenvalue weighted by Crippen LogP contribution is -2.18. The summed E-state index contributed by atoms with van der Waals surface area (Å²) in [6, 6.07) is 9.74. The van der Waals surface area contributed by atoms with Gasteiger partial charge in [-0.1, -0.05) is 11.6 Å². The van der Waals surface area contributed by atoms with Gasteiger partial charge in [0.15, 0.2) is 0 Å². The molecule has 0 spiro atoms. The van der Waals surface area contributed by atoms with E-state index in [9.17, 15) is 0 Å². The molecule has 2 heteroatoms. The monoisotopic (exact) mass is 228 g/mol. The Morgan fingerprint density at radius 1 is 1.29 bits per heavy atom. The molecule has 0 amide bonds. The highest BCUT2D eigenvalue weighted by molar-refractivity contribution is 5.80. The quantitative estimate of drug-likeness (QED) is 0.778. The van der Waals surface area contributed by atoms with E-state index in [4.69, 9.17) is 0 Å². The standard InChI is InChI=1S/C15H20N2/c1-12-3-6-15-13(11-12)7-10-17(15)9-2-8-16-14-4-5-14/h3,6-7,10-11,14,16H,2,4-5,8-9H2,1H3. The van der Waals surface area contributed by atoms with E-state index in [2.05, 4.69) is 47.3 Å². The van der Waals surface area contributed by atoms with E-state index in [1.165, 1.54) is 35.7 Å². The lowest BCUT2D eigenvalue weighted by atomic mass is 10.2. The molecule has 0 bridgehead atoms. The van der Waals surface area contributed by atoms with Crippen molar-refractivity contribution < 1.29 is 0 Å². The largest absolute Gasteiger partial charge is 0.347 e. The van der Waals surface area contributed by atoms with Crippen molar-refractivity contribution in [3.8, 4) is 0 Å². The first-order valence-corrected chi connectivity index (χ1v) is 6.62. The normalized spacial score (nSPS) is 15.6. The molecule has 90 valence electrons. The van der Waals surface area contributed by atoms with Crippen molar-refractivity contribution in [3.05, 3.63) is 36.0 Å². The van der Waals surface area contributed by atoms with E-state index in [1.807, 2.05) is 0 Å². The van der Waals surface area contributed by atoms with Crippen LogP contribution in [-0.4, -0.2) is 17.2 Å². The van der Waals surface area contributed by atoms with E-state index in [0.717, 1.165) is 19.1 Å². The number of nitrogens with one attached hydrogen (secondary N) is 1. The smallest absolute Gasteiger partial charge is 0.0480 e. The van der Waals surface area contributed by atoms with Crippen molar-refractivity contribution >= 4 is 10.9 Å². The molecule has 1 fully saturated rings. The summed E-state index contributed by atoms with van der Waals surface area (Å²) in [6.45, 7) is 4.42. The van der Waals surface area contributed by atoms with E-state index in [-0.39, 0.29) is 0 Å². The maximum absolute atomic E-state index is 3.56. The zero-order valence-electron chi connectivity index (χ0n) is 10.4. The Hall–Kier alpha value is -1.28. The van der Waals surface area contributed by atoms with Crippen LogP contribution in [-0.2, 0) is 6.54 Å². The Bertz CT molecular complexity index is 509. The Morgan fingerprint density at radius 2 is 2.18 bits per heavy atom. The van der Waals surface area contributed by atoms with Gasteiger partial charge in [-0.25, -0.2) is 0 Å². The molecule has 1 aliphatic carbocycles. The van der Waals surface area contributed by atoms with Gasteiger partial charge < -0.3 is 9.88 Å². The fourth-order valence-corrected chi connectivity index (χ4v) is 2.36. The molecule has 1 saturated carbocycles. The van der Waals surface area contributed by atoms with Crippen molar-refractivity contribution in [2.75, 3.05) is 6.54 Å². The maximum atomic E-state index is 3.56. The van der Waals surface area contributed by atoms with Crippen LogP contribution in [0.1, 0.15) is 24.8 Å². The molecule has 0 aliphatic heterocycles. The van der Waals surface area contributed by atoms with Crippen molar-refractivity contribution in [3.63, 3.8) is 0 Å². The molecule has 1 aliphatic rings. The third-order valence-corrected chi connectivity index (χ3v) is 3.51. The molecule has 0 radical (unpaired) electrons. The molecule has 17 heavy (non-hydrogen) atoms. The predicted octanol–water partition coefficient (Wildman–Crippen LogP) is 3.09. The molecule has 1 heterocycles. The molecule has 0 saturated heterocycles. The highest BCUT2D eigenvalue weighted by Crippen LogP contribution is 2.19. The fourth-order valence-electron chi connectivity index (χ4n) is 2.36. The Kier molecular flexibility index (Phi) is 2.89. The molecular formula is C15H20N2. The second kappa shape index (κ2) is 4.53. The SMILES string of the molecule is Cc1ccc2c(ccn2CCCNC2CC2)c1. The van der Waals surface area contributed by atoms with E-state index in [1.54, 1.807) is 0 Å². The Labute approximate surface area is 103 Å². The summed E-state index contributed by atoms with van der Waals surface area (Å²) in [4.78, 5) is 0. The van der Waals surface area contributed by atoms with Crippen LogP contribution in [0.5, 0.6) is 0 Å². The van der Waals surface area contributed by atoms with Crippen molar-refractivity contribution in [1.82, 2.24) is 9.88 Å². The van der Waals surface area contributed by atoms with Crippen molar-refractivity contribution in [2.24, 2.45) is 0 Å². The van der Waals surface area contributed by atoms with Gasteiger partial charge in [0.25, 0.3) is 0 Å². The first kappa shape index (κ1) is 10.8. The van der Waals surface area contributed by atoms with Crippen LogP contribution in [0.4, 0.5) is 0 Å². The lowest BCUT2D eigenvalue weighted by Gasteiger charge is -2.06. The van der Waals surface area contributed by atoms with Gasteiger partial charge in [0.1, 0.15) is 0 Å². The van der Waals surface area contributed by atoms with Gasteiger partial charge in [0, 0.05) is 24.3 Å². The Balaban J connectivity index is 1.63. The molecule has 1 aromatic heterocycles. The van der Waals surface area contributed by atoms with Gasteiger partial charge in [-0.2, -0.15) is 0 Å². The number of aryl methyl sites for hydroxylation is 2. The van der Waals surface area contributed by atoms with Crippen LogP contribution in [0.25, 0.3) is 10.9 Å². The summed E-state index contributed by atoms with van der Waals surface area (Å²) in [5.41, 5.74) is 2.70. The summed E-state index contributed by atoms with van der Waals surface area (Å²) < 4.78 is 2.36. The zero-order valence-corrected chi connectivity index (χ0v) is 10.4. The molecule has 0 atom stereocenters. The first-order chi connectivity index (χ1) is 8.33. The van der Waals surface area contributed by atoms with Crippen LogP contribution in [0, 0.1) is 6.92 Å². The molecule has 3 rings (SSSR count). The number of hydrogen-bond donors (Lipinski definition) is 1. The summed E-state index contributed by atoms with van der Waals surface area (Å²) in [5.74, 6) is 0. The van der Waals surface area contributed by atoms with Gasteiger partial charge >= 0.3 is 0 Å². The van der Waals surface area contributed by atoms with Gasteiger partial charge in [-0.3, -0.25) is 0 Å². The van der Waals surface area contributed by atoms with Crippen LogP contribution in [0.15, 0.2) is 30.5 Å². The highest BCUT2D eigenvalue weighted by Gasteiger charge is 2.19. The van der Waals surface area contributed by atoms with Crippen LogP contribution in [0.3, 0.4) is 0 Å². The minimum absolute atomic E-state index is 0.832. The number of hydrogen-bond acceptors (Lipinski definition) is 1. The Morgan fingerprint density at radius 3 is 3.00 bits per heavy atom. The summed E-state index contributed by atoms with van der Waals surface area (Å²) in [5, 5.41) is 4.92. The molecule has 1 N–H and O–H groups in total. The van der Waals surface area contributed by atoms with Crippen LogP contribution in [0.2, 0.25) is 0 Å². The topological polar surface area (TPSA) is 17.0 Å². The van der Waals surface area contributed by atoms with Gasteiger partial charge in [0.2, 0.25) is 0 Å². The fraction of sp³-hybridized carbons (Fsp3) is 0.467. The van der Waals surface area contributed by atoms with E-state index >= 15 is 0 Å². The zero-order chi connectivity index (χ0) is 11.7. The second-order valence-corrected chi connectivity index (χ2v) is 5.15. The lowest BCUT2D eigenvalue weighted by molar-refractivity contribution is 0.588. The predicted molar refractivity (Wildman–Crippen MR) is 72.3 cm³/mol. The number of benzene rings is 1. The third kappa shape index (κ3) is 2.52. The maximum Gasteiger partial charge on any atom is 0.0480 e. The van der Waals surface area contributed by atoms with Crippen molar-refractivity contribution in [2.45, 2.75) is 38.8 Å². The number of rotatable bonds is 5. The van der Waals surface area contributed by atoms with Crippen molar-refractivity contribution in [1.29, 1.82) is 0 Å². The van der Waals surface area contributed by atoms with Crippen LogP contribution < -0.4 is 5.32 Å².